The molecule has 0 amide bonds. The second kappa shape index (κ2) is 12.1. The fraction of sp³-hybridized carbons (Fsp3) is 0.0870. The molecule has 8 aromatic rings. The topological polar surface area (TPSA) is 33.9 Å². The molecule has 2 aromatic heterocycles. The molecule has 0 aliphatic carbocycles. The van der Waals surface area contributed by atoms with Gasteiger partial charge in [0.25, 0.3) is 0 Å². The molecule has 0 spiro atoms. The molecule has 0 bridgehead atoms. The van der Waals surface area contributed by atoms with E-state index in [1.54, 1.807) is 0 Å². The van der Waals surface area contributed by atoms with Gasteiger partial charge < -0.3 is 19.8 Å². The number of fused-ring (bicyclic) bond motifs is 6. The fourth-order valence-corrected chi connectivity index (χ4v) is 14.8. The van der Waals surface area contributed by atoms with E-state index >= 15 is 0 Å². The first kappa shape index (κ1) is 29.8. The Kier molecular flexibility index (Phi) is 7.06. The lowest BCUT2D eigenvalue weighted by Crippen LogP contribution is -2.66. The van der Waals surface area contributed by atoms with Crippen LogP contribution in [0.1, 0.15) is 6.42 Å². The molecule has 5 heteroatoms. The Morgan fingerprint density at radius 3 is 1.78 bits per heavy atom. The van der Waals surface area contributed by atoms with Crippen LogP contribution in [0.3, 0.4) is 0 Å². The molecular weight excluding hydrogens is 637 g/mol. The van der Waals surface area contributed by atoms with Crippen molar-refractivity contribution in [2.75, 3.05) is 13.1 Å². The standard InChI is InChI=1S/C46H38N4Si/c1-2-13-33(14-3-1)49-45-24-9-6-21-41(45)42-30-36(25-26-46(42)49)51(37-17-11-27-47-31-37,38-18-12-28-48-32-38)35-16-10-15-34(29-35)50-43-22-7-4-19-39(43)40-20-5-8-23-44(40)50/h1-17,19-30,38,47-48H,18,31-32H2. The van der Waals surface area contributed by atoms with Gasteiger partial charge in [-0.3, -0.25) is 0 Å². The van der Waals surface area contributed by atoms with Crippen molar-refractivity contribution in [2.24, 2.45) is 0 Å². The molecule has 0 saturated heterocycles. The fourth-order valence-electron chi connectivity index (χ4n) is 9.11. The van der Waals surface area contributed by atoms with E-state index in [0.717, 1.165) is 19.5 Å². The molecule has 0 fully saturated rings. The number of aromatic nitrogens is 2. The molecule has 2 aliphatic heterocycles. The van der Waals surface area contributed by atoms with Crippen LogP contribution in [0.5, 0.6) is 0 Å². The van der Waals surface area contributed by atoms with Crippen molar-refractivity contribution in [2.45, 2.75) is 12.0 Å². The third-order valence-corrected chi connectivity index (χ3v) is 16.7. The molecule has 2 N–H and O–H groups in total. The van der Waals surface area contributed by atoms with Crippen molar-refractivity contribution in [3.63, 3.8) is 0 Å². The van der Waals surface area contributed by atoms with Crippen LogP contribution in [0.2, 0.25) is 5.54 Å². The third kappa shape index (κ3) is 4.58. The van der Waals surface area contributed by atoms with Crippen LogP contribution in [-0.2, 0) is 0 Å². The Balaban J connectivity index is 1.27. The van der Waals surface area contributed by atoms with Crippen molar-refractivity contribution in [1.82, 2.24) is 19.8 Å². The highest BCUT2D eigenvalue weighted by Gasteiger charge is 2.48. The van der Waals surface area contributed by atoms with Crippen LogP contribution in [0.15, 0.2) is 181 Å². The second-order valence-corrected chi connectivity index (χ2v) is 18.1. The first-order valence-corrected chi connectivity index (χ1v) is 20.1. The Hall–Kier alpha value is -6.04. The largest absolute Gasteiger partial charge is 0.391 e. The Morgan fingerprint density at radius 1 is 0.510 bits per heavy atom. The maximum Gasteiger partial charge on any atom is 0.151 e. The van der Waals surface area contributed by atoms with Gasteiger partial charge in [0.2, 0.25) is 0 Å². The quantitative estimate of drug-likeness (QED) is 0.173. The molecule has 0 saturated carbocycles. The number of nitrogens with zero attached hydrogens (tertiary/aromatic N) is 2. The number of benzene rings is 6. The van der Waals surface area contributed by atoms with Gasteiger partial charge in [-0.15, -0.1) is 0 Å². The number of nitrogens with one attached hydrogen (secondary N) is 2. The van der Waals surface area contributed by atoms with Crippen LogP contribution in [0.4, 0.5) is 0 Å². The minimum atomic E-state index is -2.69. The SMILES string of the molecule is C1=CNCC([Si](c2cccc(-n3c4ccccc4c4ccccc43)c2)(c2ccc3c(c2)c2ccccc2n3-c2ccccc2)C2CC=CNC2)=C1. The van der Waals surface area contributed by atoms with E-state index in [9.17, 15) is 0 Å². The maximum atomic E-state index is 3.68. The lowest BCUT2D eigenvalue weighted by molar-refractivity contribution is 0.707. The van der Waals surface area contributed by atoms with E-state index in [1.807, 2.05) is 0 Å². The third-order valence-electron chi connectivity index (χ3n) is 11.2. The minimum Gasteiger partial charge on any atom is -0.391 e. The maximum absolute atomic E-state index is 3.68. The molecular formula is C46H38N4Si. The van der Waals surface area contributed by atoms with Crippen molar-refractivity contribution in [3.8, 4) is 11.4 Å². The molecule has 246 valence electrons. The average Bonchev–Trinajstić information content (AvgIpc) is 3.72. The van der Waals surface area contributed by atoms with Gasteiger partial charge in [0.1, 0.15) is 0 Å². The van der Waals surface area contributed by atoms with E-state index in [-0.39, 0.29) is 0 Å². The summed E-state index contributed by atoms with van der Waals surface area (Å²) in [6.45, 7) is 1.78. The monoisotopic (exact) mass is 674 g/mol. The van der Waals surface area contributed by atoms with E-state index in [4.69, 9.17) is 0 Å². The molecule has 4 heterocycles. The van der Waals surface area contributed by atoms with Crippen LogP contribution in [-0.4, -0.2) is 30.3 Å². The summed E-state index contributed by atoms with van der Waals surface area (Å²) in [6, 6.07) is 54.3. The zero-order valence-corrected chi connectivity index (χ0v) is 29.3. The van der Waals surface area contributed by atoms with E-state index in [0.29, 0.717) is 5.54 Å². The van der Waals surface area contributed by atoms with Crippen molar-refractivity contribution in [3.05, 3.63) is 181 Å². The van der Waals surface area contributed by atoms with Crippen molar-refractivity contribution < 1.29 is 0 Å². The van der Waals surface area contributed by atoms with Crippen LogP contribution in [0, 0.1) is 0 Å². The van der Waals surface area contributed by atoms with Gasteiger partial charge in [0, 0.05) is 46.0 Å². The Labute approximate surface area is 298 Å². The van der Waals surface area contributed by atoms with E-state index in [2.05, 4.69) is 196 Å². The van der Waals surface area contributed by atoms with Crippen LogP contribution < -0.4 is 21.0 Å². The minimum absolute atomic E-state index is 0.412. The second-order valence-electron chi connectivity index (χ2n) is 13.8. The summed E-state index contributed by atoms with van der Waals surface area (Å²) in [6.07, 6.45) is 12.2. The lowest BCUT2D eigenvalue weighted by atomic mass is 10.1. The summed E-state index contributed by atoms with van der Waals surface area (Å²) in [5, 5.41) is 16.9. The number of rotatable bonds is 6. The first-order chi connectivity index (χ1) is 25.3. The predicted octanol–water partition coefficient (Wildman–Crippen LogP) is 8.90. The van der Waals surface area contributed by atoms with E-state index < -0.39 is 8.07 Å². The van der Waals surface area contributed by atoms with Gasteiger partial charge in [-0.2, -0.15) is 0 Å². The van der Waals surface area contributed by atoms with Gasteiger partial charge in [0.05, 0.1) is 22.1 Å². The van der Waals surface area contributed by atoms with Crippen molar-refractivity contribution >= 4 is 62.1 Å². The highest BCUT2D eigenvalue weighted by atomic mass is 28.3. The Morgan fingerprint density at radius 2 is 1.12 bits per heavy atom. The van der Waals surface area contributed by atoms with Crippen LogP contribution >= 0.6 is 0 Å². The molecule has 2 unspecified atom stereocenters. The van der Waals surface area contributed by atoms with Gasteiger partial charge in [0.15, 0.2) is 8.07 Å². The molecule has 51 heavy (non-hydrogen) atoms. The first-order valence-electron chi connectivity index (χ1n) is 18.0. The van der Waals surface area contributed by atoms with E-state index in [1.165, 1.54) is 70.6 Å². The lowest BCUT2D eigenvalue weighted by Gasteiger charge is -2.43. The summed E-state index contributed by atoms with van der Waals surface area (Å²) in [7, 11) is -2.69. The Bertz CT molecular complexity index is 2640. The summed E-state index contributed by atoms with van der Waals surface area (Å²) in [4.78, 5) is 0. The molecule has 10 rings (SSSR count). The van der Waals surface area contributed by atoms with Crippen LogP contribution in [0.25, 0.3) is 55.0 Å². The normalized spacial score (nSPS) is 17.0. The number of dihydropyridines is 1. The molecule has 6 aromatic carbocycles. The van der Waals surface area contributed by atoms with Gasteiger partial charge in [-0.1, -0.05) is 114 Å². The highest BCUT2D eigenvalue weighted by molar-refractivity contribution is 7.08. The highest BCUT2D eigenvalue weighted by Crippen LogP contribution is 2.38. The summed E-state index contributed by atoms with van der Waals surface area (Å²) in [5.74, 6) is 0. The number of para-hydroxylation sites is 4. The summed E-state index contributed by atoms with van der Waals surface area (Å²) < 4.78 is 4.89. The number of hydrogen-bond acceptors (Lipinski definition) is 2. The van der Waals surface area contributed by atoms with Gasteiger partial charge >= 0.3 is 0 Å². The zero-order valence-electron chi connectivity index (χ0n) is 28.3. The summed E-state index contributed by atoms with van der Waals surface area (Å²) >= 11 is 0. The smallest absolute Gasteiger partial charge is 0.151 e. The molecule has 0 radical (unpaired) electrons. The molecule has 2 aliphatic rings. The molecule has 4 nitrogen and oxygen atoms in total. The van der Waals surface area contributed by atoms with Crippen molar-refractivity contribution in [1.29, 1.82) is 0 Å². The average molecular weight is 675 g/mol. The predicted molar refractivity (Wildman–Crippen MR) is 217 cm³/mol. The van der Waals surface area contributed by atoms with Gasteiger partial charge in [-0.25, -0.2) is 0 Å². The molecule has 2 atom stereocenters. The number of allylic oxidation sites excluding steroid dienone is 3. The van der Waals surface area contributed by atoms with Gasteiger partial charge in [-0.05, 0) is 89.3 Å². The summed E-state index contributed by atoms with van der Waals surface area (Å²) in [5.41, 5.74) is 7.76. The number of hydrogen-bond donors (Lipinski definition) is 2. The zero-order chi connectivity index (χ0) is 33.8.